The Hall–Kier alpha value is -1.29. The molecule has 0 atom stereocenters. The van der Waals surface area contributed by atoms with Gasteiger partial charge in [0.05, 0.1) is 10.4 Å². The number of rotatable bonds is 5. The molecule has 0 aliphatic heterocycles. The van der Waals surface area contributed by atoms with E-state index < -0.39 is 16.0 Å². The fourth-order valence-electron chi connectivity index (χ4n) is 1.41. The number of thiophene rings is 1. The first kappa shape index (κ1) is 14.1. The van der Waals surface area contributed by atoms with E-state index >= 15 is 0 Å². The van der Waals surface area contributed by atoms with Crippen molar-refractivity contribution in [3.8, 4) is 0 Å². The molecule has 19 heavy (non-hydrogen) atoms. The van der Waals surface area contributed by atoms with Gasteiger partial charge in [0.1, 0.15) is 4.88 Å². The predicted octanol–water partition coefficient (Wildman–Crippen LogP) is 1.69. The third kappa shape index (κ3) is 3.18. The molecule has 2 heterocycles. The van der Waals surface area contributed by atoms with Gasteiger partial charge in [-0.3, -0.25) is 4.98 Å². The first-order valence-electron chi connectivity index (χ1n) is 5.11. The fraction of sp³-hybridized carbons (Fsp3) is 0.200. The molecule has 2 aromatic rings. The van der Waals surface area contributed by atoms with Crippen LogP contribution in [0.5, 0.6) is 0 Å². The summed E-state index contributed by atoms with van der Waals surface area (Å²) >= 11 is 2.29. The van der Waals surface area contributed by atoms with Crippen LogP contribution in [-0.2, 0) is 16.6 Å². The van der Waals surface area contributed by atoms with Crippen LogP contribution in [-0.4, -0.2) is 24.5 Å². The number of aryl methyl sites for hydroxylation is 1. The molecule has 9 heteroatoms. The van der Waals surface area contributed by atoms with Gasteiger partial charge in [-0.1, -0.05) is 0 Å². The standard InChI is InChI=1S/C10H10N2O4S3/c1-6-9(2-8(18-6)10(13)14)19(15,16)12-4-7-3-11-5-17-7/h2-3,5,12H,4H2,1H3,(H,13,14). The van der Waals surface area contributed by atoms with Crippen molar-refractivity contribution >= 4 is 38.7 Å². The average molecular weight is 318 g/mol. The number of aromatic carboxylic acids is 1. The summed E-state index contributed by atoms with van der Waals surface area (Å²) in [5.41, 5.74) is 1.61. The molecular formula is C10H10N2O4S3. The van der Waals surface area contributed by atoms with Crippen molar-refractivity contribution < 1.29 is 18.3 Å². The minimum Gasteiger partial charge on any atom is -0.477 e. The van der Waals surface area contributed by atoms with Crippen molar-refractivity contribution in [1.82, 2.24) is 9.71 Å². The van der Waals surface area contributed by atoms with E-state index in [0.717, 1.165) is 16.2 Å². The lowest BCUT2D eigenvalue weighted by atomic mass is 10.4. The number of carboxylic acids is 1. The van der Waals surface area contributed by atoms with Crippen LogP contribution in [0.25, 0.3) is 0 Å². The second kappa shape index (κ2) is 5.37. The molecule has 0 saturated heterocycles. The Balaban J connectivity index is 2.22. The maximum Gasteiger partial charge on any atom is 0.345 e. The molecular weight excluding hydrogens is 308 g/mol. The van der Waals surface area contributed by atoms with E-state index in [1.807, 2.05) is 0 Å². The van der Waals surface area contributed by atoms with Crippen LogP contribution in [0, 0.1) is 6.92 Å². The Morgan fingerprint density at radius 2 is 2.26 bits per heavy atom. The molecule has 0 aliphatic carbocycles. The van der Waals surface area contributed by atoms with Crippen molar-refractivity contribution in [2.24, 2.45) is 0 Å². The van der Waals surface area contributed by atoms with Gasteiger partial charge >= 0.3 is 5.97 Å². The molecule has 0 aliphatic rings. The Morgan fingerprint density at radius 1 is 1.53 bits per heavy atom. The molecule has 0 radical (unpaired) electrons. The Kier molecular flexibility index (Phi) is 3.99. The lowest BCUT2D eigenvalue weighted by Gasteiger charge is -2.04. The highest BCUT2D eigenvalue weighted by atomic mass is 32.2. The van der Waals surface area contributed by atoms with Gasteiger partial charge < -0.3 is 5.11 Å². The summed E-state index contributed by atoms with van der Waals surface area (Å²) in [6, 6.07) is 1.18. The highest BCUT2D eigenvalue weighted by Gasteiger charge is 2.21. The number of aromatic nitrogens is 1. The third-order valence-corrected chi connectivity index (χ3v) is 5.77. The average Bonchev–Trinajstić information content (AvgIpc) is 2.95. The summed E-state index contributed by atoms with van der Waals surface area (Å²) in [5, 5.41) is 8.86. The summed E-state index contributed by atoms with van der Waals surface area (Å²) in [6.07, 6.45) is 1.58. The minimum absolute atomic E-state index is 0.00988. The topological polar surface area (TPSA) is 96.4 Å². The summed E-state index contributed by atoms with van der Waals surface area (Å²) in [4.78, 5) is 15.9. The van der Waals surface area contributed by atoms with Crippen LogP contribution in [0.1, 0.15) is 19.4 Å². The predicted molar refractivity (Wildman–Crippen MR) is 72.2 cm³/mol. The molecule has 2 N–H and O–H groups in total. The summed E-state index contributed by atoms with van der Waals surface area (Å²) in [6.45, 7) is 1.73. The first-order valence-corrected chi connectivity index (χ1v) is 8.29. The van der Waals surface area contributed by atoms with Crippen LogP contribution in [0.4, 0.5) is 0 Å². The van der Waals surface area contributed by atoms with E-state index in [9.17, 15) is 13.2 Å². The number of nitrogens with zero attached hydrogens (tertiary/aromatic N) is 1. The number of sulfonamides is 1. The van der Waals surface area contributed by atoms with Gasteiger partial charge in [-0.15, -0.1) is 22.7 Å². The Bertz CT molecular complexity index is 688. The largest absolute Gasteiger partial charge is 0.477 e. The zero-order chi connectivity index (χ0) is 14.0. The second-order valence-electron chi connectivity index (χ2n) is 3.63. The van der Waals surface area contributed by atoms with Gasteiger partial charge in [0.2, 0.25) is 10.0 Å². The van der Waals surface area contributed by atoms with Gasteiger partial charge in [-0.25, -0.2) is 17.9 Å². The zero-order valence-corrected chi connectivity index (χ0v) is 12.2. The van der Waals surface area contributed by atoms with Gasteiger partial charge in [-0.2, -0.15) is 0 Å². The van der Waals surface area contributed by atoms with Crippen LogP contribution in [0.3, 0.4) is 0 Å². The molecule has 102 valence electrons. The molecule has 0 amide bonds. The smallest absolute Gasteiger partial charge is 0.345 e. The monoisotopic (exact) mass is 318 g/mol. The first-order chi connectivity index (χ1) is 8.90. The number of hydrogen-bond acceptors (Lipinski definition) is 6. The molecule has 0 fully saturated rings. The van der Waals surface area contributed by atoms with Crippen molar-refractivity contribution in [3.05, 3.63) is 32.4 Å². The quantitative estimate of drug-likeness (QED) is 0.874. The van der Waals surface area contributed by atoms with E-state index in [1.165, 1.54) is 17.4 Å². The fourth-order valence-corrected chi connectivity index (χ4v) is 4.47. The number of carboxylic acid groups (broad SMARTS) is 1. The van der Waals surface area contributed by atoms with Crippen LogP contribution >= 0.6 is 22.7 Å². The van der Waals surface area contributed by atoms with Crippen molar-refractivity contribution in [2.75, 3.05) is 0 Å². The number of thiazole rings is 1. The molecule has 0 bridgehead atoms. The highest BCUT2D eigenvalue weighted by Crippen LogP contribution is 2.25. The third-order valence-electron chi connectivity index (χ3n) is 2.29. The van der Waals surface area contributed by atoms with Crippen LogP contribution < -0.4 is 4.72 Å². The maximum atomic E-state index is 12.1. The SMILES string of the molecule is Cc1sc(C(=O)O)cc1S(=O)(=O)NCc1cncs1. The van der Waals surface area contributed by atoms with Crippen LogP contribution in [0.2, 0.25) is 0 Å². The summed E-state index contributed by atoms with van der Waals surface area (Å²) < 4.78 is 26.6. The van der Waals surface area contributed by atoms with E-state index in [4.69, 9.17) is 5.11 Å². The summed E-state index contributed by atoms with van der Waals surface area (Å²) in [7, 11) is -3.70. The van der Waals surface area contributed by atoms with Crippen molar-refractivity contribution in [1.29, 1.82) is 0 Å². The van der Waals surface area contributed by atoms with Gasteiger partial charge in [0, 0.05) is 22.5 Å². The molecule has 0 unspecified atom stereocenters. The Morgan fingerprint density at radius 3 is 2.79 bits per heavy atom. The van der Waals surface area contributed by atoms with E-state index in [1.54, 1.807) is 18.6 Å². The zero-order valence-electron chi connectivity index (χ0n) is 9.78. The normalized spacial score (nSPS) is 11.6. The van der Waals surface area contributed by atoms with Gasteiger partial charge in [0.15, 0.2) is 0 Å². The van der Waals surface area contributed by atoms with Gasteiger partial charge in [-0.05, 0) is 13.0 Å². The van der Waals surface area contributed by atoms with E-state index in [0.29, 0.717) is 4.88 Å². The maximum absolute atomic E-state index is 12.1. The Labute approximate surface area is 117 Å². The van der Waals surface area contributed by atoms with Crippen LogP contribution in [0.15, 0.2) is 22.7 Å². The van der Waals surface area contributed by atoms with E-state index in [-0.39, 0.29) is 16.3 Å². The number of nitrogens with one attached hydrogen (secondary N) is 1. The van der Waals surface area contributed by atoms with Gasteiger partial charge in [0.25, 0.3) is 0 Å². The lowest BCUT2D eigenvalue weighted by molar-refractivity contribution is 0.0702. The number of hydrogen-bond donors (Lipinski definition) is 2. The minimum atomic E-state index is -3.70. The van der Waals surface area contributed by atoms with Crippen molar-refractivity contribution in [3.63, 3.8) is 0 Å². The highest BCUT2D eigenvalue weighted by molar-refractivity contribution is 7.89. The van der Waals surface area contributed by atoms with Crippen molar-refractivity contribution in [2.45, 2.75) is 18.4 Å². The molecule has 0 saturated carbocycles. The summed E-state index contributed by atoms with van der Waals surface area (Å²) in [5.74, 6) is -1.13. The number of carbonyl (C=O) groups is 1. The molecule has 6 nitrogen and oxygen atoms in total. The molecule has 0 spiro atoms. The molecule has 0 aromatic carbocycles. The molecule has 2 aromatic heterocycles. The van der Waals surface area contributed by atoms with E-state index in [2.05, 4.69) is 9.71 Å². The molecule has 2 rings (SSSR count). The second-order valence-corrected chi connectivity index (χ2v) is 7.59. The lowest BCUT2D eigenvalue weighted by Crippen LogP contribution is -2.23.